The Morgan fingerprint density at radius 1 is 1.30 bits per heavy atom. The van der Waals surface area contributed by atoms with E-state index in [4.69, 9.17) is 0 Å². The van der Waals surface area contributed by atoms with Gasteiger partial charge in [-0.15, -0.1) is 0 Å². The molecule has 1 aliphatic carbocycles. The summed E-state index contributed by atoms with van der Waals surface area (Å²) in [5.41, 5.74) is 0.486. The summed E-state index contributed by atoms with van der Waals surface area (Å²) in [5.74, 6) is 1.99. The van der Waals surface area contributed by atoms with Gasteiger partial charge in [0.25, 0.3) is 0 Å². The van der Waals surface area contributed by atoms with Gasteiger partial charge in [-0.1, -0.05) is 26.7 Å². The van der Waals surface area contributed by atoms with Crippen molar-refractivity contribution in [2.75, 3.05) is 5.75 Å². The van der Waals surface area contributed by atoms with Crippen LogP contribution < -0.4 is 0 Å². The minimum absolute atomic E-state index is 0.486. The average Bonchev–Trinajstić information content (AvgIpc) is 2.38. The first-order chi connectivity index (χ1) is 4.67. The van der Waals surface area contributed by atoms with E-state index in [1.807, 2.05) is 0 Å². The van der Waals surface area contributed by atoms with Gasteiger partial charge in [-0.05, 0) is 29.9 Å². The van der Waals surface area contributed by atoms with Crippen molar-refractivity contribution in [2.24, 2.45) is 11.3 Å². The summed E-state index contributed by atoms with van der Waals surface area (Å²) in [4.78, 5) is 0. The third kappa shape index (κ3) is 1.69. The monoisotopic (exact) mass is 158 g/mol. The van der Waals surface area contributed by atoms with Crippen molar-refractivity contribution < 1.29 is 0 Å². The quantitative estimate of drug-likeness (QED) is 0.586. The average molecular weight is 158 g/mol. The molecule has 0 N–H and O–H groups in total. The topological polar surface area (TPSA) is 0 Å². The molecule has 0 spiro atoms. The van der Waals surface area contributed by atoms with Gasteiger partial charge in [0, 0.05) is 0 Å². The van der Waals surface area contributed by atoms with E-state index >= 15 is 0 Å². The van der Waals surface area contributed by atoms with Crippen LogP contribution in [0.15, 0.2) is 0 Å². The third-order valence-electron chi connectivity index (χ3n) is 2.87. The Balaban J connectivity index is 2.45. The van der Waals surface area contributed by atoms with Crippen LogP contribution >= 0.6 is 12.6 Å². The molecule has 1 saturated carbocycles. The Labute approximate surface area is 69.8 Å². The lowest BCUT2D eigenvalue weighted by atomic mass is 9.79. The second-order valence-corrected chi connectivity index (χ2v) is 4.44. The van der Waals surface area contributed by atoms with Gasteiger partial charge in [-0.25, -0.2) is 0 Å². The number of hydrogen-bond acceptors (Lipinski definition) is 1. The van der Waals surface area contributed by atoms with E-state index in [0.717, 1.165) is 11.7 Å². The molecule has 0 aliphatic heterocycles. The predicted octanol–water partition coefficient (Wildman–Crippen LogP) is 3.13. The van der Waals surface area contributed by atoms with Gasteiger partial charge in [0.1, 0.15) is 0 Å². The van der Waals surface area contributed by atoms with Crippen molar-refractivity contribution in [1.82, 2.24) is 0 Å². The molecule has 0 saturated heterocycles. The Hall–Kier alpha value is 0.350. The molecular formula is C9H18S. The SMILES string of the molecule is CC(C)(CS)C1CCCC1. The maximum absolute atomic E-state index is 4.38. The Morgan fingerprint density at radius 3 is 2.20 bits per heavy atom. The van der Waals surface area contributed by atoms with Crippen LogP contribution in [0.4, 0.5) is 0 Å². The first-order valence-corrected chi connectivity index (χ1v) is 4.91. The summed E-state index contributed by atoms with van der Waals surface area (Å²) in [5, 5.41) is 0. The van der Waals surface area contributed by atoms with Crippen molar-refractivity contribution in [3.05, 3.63) is 0 Å². The zero-order valence-electron chi connectivity index (χ0n) is 7.06. The lowest BCUT2D eigenvalue weighted by Gasteiger charge is -2.29. The van der Waals surface area contributed by atoms with Crippen LogP contribution in [0, 0.1) is 11.3 Å². The van der Waals surface area contributed by atoms with Gasteiger partial charge in [0.2, 0.25) is 0 Å². The summed E-state index contributed by atoms with van der Waals surface area (Å²) < 4.78 is 0. The minimum Gasteiger partial charge on any atom is -0.179 e. The highest BCUT2D eigenvalue weighted by molar-refractivity contribution is 7.80. The predicted molar refractivity (Wildman–Crippen MR) is 49.6 cm³/mol. The van der Waals surface area contributed by atoms with Crippen LogP contribution in [-0.4, -0.2) is 5.75 Å². The van der Waals surface area contributed by atoms with Crippen molar-refractivity contribution in [1.29, 1.82) is 0 Å². The maximum atomic E-state index is 4.38. The fourth-order valence-electron chi connectivity index (χ4n) is 1.84. The van der Waals surface area contributed by atoms with Crippen molar-refractivity contribution in [2.45, 2.75) is 39.5 Å². The molecule has 10 heavy (non-hydrogen) atoms. The summed E-state index contributed by atoms with van der Waals surface area (Å²) >= 11 is 4.38. The van der Waals surface area contributed by atoms with Crippen LogP contribution in [-0.2, 0) is 0 Å². The van der Waals surface area contributed by atoms with E-state index in [2.05, 4.69) is 26.5 Å². The zero-order valence-corrected chi connectivity index (χ0v) is 7.95. The van der Waals surface area contributed by atoms with E-state index in [9.17, 15) is 0 Å². The molecular weight excluding hydrogens is 140 g/mol. The van der Waals surface area contributed by atoms with Crippen LogP contribution in [0.3, 0.4) is 0 Å². The number of rotatable bonds is 2. The molecule has 0 amide bonds. The van der Waals surface area contributed by atoms with Gasteiger partial charge < -0.3 is 0 Å². The van der Waals surface area contributed by atoms with Gasteiger partial charge >= 0.3 is 0 Å². The largest absolute Gasteiger partial charge is 0.179 e. The normalized spacial score (nSPS) is 21.9. The highest BCUT2D eigenvalue weighted by atomic mass is 32.1. The van der Waals surface area contributed by atoms with Crippen LogP contribution in [0.25, 0.3) is 0 Å². The molecule has 0 aromatic carbocycles. The van der Waals surface area contributed by atoms with Gasteiger partial charge in [-0.2, -0.15) is 12.6 Å². The molecule has 60 valence electrons. The number of thiol groups is 1. The summed E-state index contributed by atoms with van der Waals surface area (Å²) in [6.45, 7) is 4.69. The van der Waals surface area contributed by atoms with E-state index in [-0.39, 0.29) is 0 Å². The van der Waals surface area contributed by atoms with E-state index in [0.29, 0.717) is 5.41 Å². The standard InChI is InChI=1S/C9H18S/c1-9(2,7-10)8-5-3-4-6-8/h8,10H,3-7H2,1-2H3. The molecule has 0 unspecified atom stereocenters. The zero-order chi connectivity index (χ0) is 7.61. The van der Waals surface area contributed by atoms with Crippen LogP contribution in [0.5, 0.6) is 0 Å². The van der Waals surface area contributed by atoms with Gasteiger partial charge in [-0.3, -0.25) is 0 Å². The third-order valence-corrected chi connectivity index (χ3v) is 3.68. The lowest BCUT2D eigenvalue weighted by Crippen LogP contribution is -2.23. The first-order valence-electron chi connectivity index (χ1n) is 4.27. The van der Waals surface area contributed by atoms with Crippen molar-refractivity contribution in [3.8, 4) is 0 Å². The first kappa shape index (κ1) is 8.45. The van der Waals surface area contributed by atoms with E-state index < -0.39 is 0 Å². The Bertz CT molecular complexity index is 101. The molecule has 0 nitrogen and oxygen atoms in total. The Kier molecular flexibility index (Phi) is 2.67. The summed E-state index contributed by atoms with van der Waals surface area (Å²) in [7, 11) is 0. The molecule has 0 bridgehead atoms. The maximum Gasteiger partial charge on any atom is -0.00438 e. The molecule has 1 heteroatoms. The molecule has 0 aromatic rings. The summed E-state index contributed by atoms with van der Waals surface area (Å²) in [6.07, 6.45) is 5.77. The highest BCUT2D eigenvalue weighted by Gasteiger charge is 2.30. The van der Waals surface area contributed by atoms with Crippen LogP contribution in [0.2, 0.25) is 0 Å². The second kappa shape index (κ2) is 3.17. The minimum atomic E-state index is 0.486. The Morgan fingerprint density at radius 2 is 1.80 bits per heavy atom. The van der Waals surface area contributed by atoms with E-state index in [1.165, 1.54) is 25.7 Å². The van der Waals surface area contributed by atoms with Crippen molar-refractivity contribution in [3.63, 3.8) is 0 Å². The smallest absolute Gasteiger partial charge is 0.00438 e. The fourth-order valence-corrected chi connectivity index (χ4v) is 2.09. The molecule has 1 rings (SSSR count). The molecule has 0 aromatic heterocycles. The molecule has 0 heterocycles. The van der Waals surface area contributed by atoms with Crippen molar-refractivity contribution >= 4 is 12.6 Å². The molecule has 1 fully saturated rings. The lowest BCUT2D eigenvalue weighted by molar-refractivity contribution is 0.254. The molecule has 0 radical (unpaired) electrons. The fraction of sp³-hybridized carbons (Fsp3) is 1.00. The second-order valence-electron chi connectivity index (χ2n) is 4.13. The van der Waals surface area contributed by atoms with E-state index in [1.54, 1.807) is 0 Å². The highest BCUT2D eigenvalue weighted by Crippen LogP contribution is 2.39. The van der Waals surface area contributed by atoms with Gasteiger partial charge in [0.05, 0.1) is 0 Å². The molecule has 1 aliphatic rings. The molecule has 0 atom stereocenters. The van der Waals surface area contributed by atoms with Crippen LogP contribution in [0.1, 0.15) is 39.5 Å². The summed E-state index contributed by atoms with van der Waals surface area (Å²) in [6, 6.07) is 0. The van der Waals surface area contributed by atoms with Gasteiger partial charge in [0.15, 0.2) is 0 Å². The number of hydrogen-bond donors (Lipinski definition) is 1.